The Morgan fingerprint density at radius 1 is 1.13 bits per heavy atom. The molecule has 1 atom stereocenters. The second-order valence-electron chi connectivity index (χ2n) is 6.37. The molecule has 2 N–H and O–H groups in total. The van der Waals surface area contributed by atoms with E-state index in [9.17, 15) is 8.42 Å². The molecule has 2 rings (SSSR count). The summed E-state index contributed by atoms with van der Waals surface area (Å²) in [6.07, 6.45) is 4.30. The fourth-order valence-electron chi connectivity index (χ4n) is 2.85. The SMILES string of the molecule is CCOc1ccccc1OC/C=N\[C@H](CSC)Cc1ccc(OC)c(S(N)(=O)=O)c1. The molecule has 9 heteroatoms. The van der Waals surface area contributed by atoms with Crippen molar-refractivity contribution in [2.24, 2.45) is 10.1 Å². The molecule has 0 aliphatic heterocycles. The molecular weight excluding hydrogens is 424 g/mol. The summed E-state index contributed by atoms with van der Waals surface area (Å²) in [5, 5.41) is 5.31. The van der Waals surface area contributed by atoms with Crippen molar-refractivity contribution in [3.63, 3.8) is 0 Å². The Kier molecular flexibility index (Phi) is 9.48. The third-order valence-corrected chi connectivity index (χ3v) is 5.79. The lowest BCUT2D eigenvalue weighted by molar-refractivity contribution is 0.302. The number of hydrogen-bond acceptors (Lipinski definition) is 7. The van der Waals surface area contributed by atoms with Crippen LogP contribution in [0.25, 0.3) is 0 Å². The van der Waals surface area contributed by atoms with Crippen LogP contribution in [0.2, 0.25) is 0 Å². The molecule has 0 fully saturated rings. The van der Waals surface area contributed by atoms with Crippen LogP contribution < -0.4 is 19.3 Å². The smallest absolute Gasteiger partial charge is 0.241 e. The monoisotopic (exact) mass is 452 g/mol. The third kappa shape index (κ3) is 7.23. The highest BCUT2D eigenvalue weighted by Crippen LogP contribution is 2.26. The number of sulfonamides is 1. The Balaban J connectivity index is 2.06. The number of thioether (sulfide) groups is 1. The van der Waals surface area contributed by atoms with Crippen LogP contribution in [0.3, 0.4) is 0 Å². The summed E-state index contributed by atoms with van der Waals surface area (Å²) < 4.78 is 40.1. The Labute approximate surface area is 182 Å². The molecule has 30 heavy (non-hydrogen) atoms. The van der Waals surface area contributed by atoms with Gasteiger partial charge in [-0.05, 0) is 49.4 Å². The second kappa shape index (κ2) is 11.8. The molecule has 0 radical (unpaired) electrons. The van der Waals surface area contributed by atoms with E-state index in [1.165, 1.54) is 7.11 Å². The average molecular weight is 453 g/mol. The zero-order valence-electron chi connectivity index (χ0n) is 17.4. The maximum atomic E-state index is 11.8. The number of hydrogen-bond donors (Lipinski definition) is 1. The summed E-state index contributed by atoms with van der Waals surface area (Å²) in [7, 11) is -2.47. The fourth-order valence-corrected chi connectivity index (χ4v) is 4.19. The van der Waals surface area contributed by atoms with Gasteiger partial charge in [-0.15, -0.1) is 0 Å². The van der Waals surface area contributed by atoms with E-state index >= 15 is 0 Å². The van der Waals surface area contributed by atoms with Crippen molar-refractivity contribution in [1.29, 1.82) is 0 Å². The summed E-state index contributed by atoms with van der Waals surface area (Å²) in [5.41, 5.74) is 0.818. The van der Waals surface area contributed by atoms with Crippen LogP contribution in [0, 0.1) is 0 Å². The molecule has 0 aromatic heterocycles. The number of rotatable bonds is 12. The lowest BCUT2D eigenvalue weighted by Crippen LogP contribution is -2.16. The molecule has 0 aliphatic carbocycles. The molecule has 0 bridgehead atoms. The first-order valence-electron chi connectivity index (χ1n) is 9.44. The molecule has 7 nitrogen and oxygen atoms in total. The Hall–Kier alpha value is -2.23. The van der Waals surface area contributed by atoms with Crippen molar-refractivity contribution in [1.82, 2.24) is 0 Å². The lowest BCUT2D eigenvalue weighted by atomic mass is 10.1. The van der Waals surface area contributed by atoms with E-state index in [4.69, 9.17) is 19.3 Å². The zero-order valence-corrected chi connectivity index (χ0v) is 19.0. The summed E-state index contributed by atoms with van der Waals surface area (Å²) >= 11 is 1.67. The van der Waals surface area contributed by atoms with Crippen molar-refractivity contribution in [2.75, 3.05) is 32.3 Å². The standard InChI is InChI=1S/C21H28N2O5S2/c1-4-27-18-7-5-6-8-19(18)28-12-11-23-17(15-29-3)13-16-9-10-20(26-2)21(14-16)30(22,24)25/h5-11,14,17H,4,12-13,15H2,1-3H3,(H2,22,24,25)/b23-11-/t17-/m0/s1. The van der Waals surface area contributed by atoms with Crippen molar-refractivity contribution in [3.8, 4) is 17.2 Å². The maximum Gasteiger partial charge on any atom is 0.241 e. The van der Waals surface area contributed by atoms with Crippen molar-refractivity contribution >= 4 is 28.0 Å². The van der Waals surface area contributed by atoms with E-state index in [2.05, 4.69) is 4.99 Å². The van der Waals surface area contributed by atoms with Gasteiger partial charge in [0.15, 0.2) is 11.5 Å². The molecule has 0 saturated carbocycles. The minimum absolute atomic E-state index is 0.0229. The molecule has 0 aliphatic rings. The first kappa shape index (κ1) is 24.0. The van der Waals surface area contributed by atoms with Gasteiger partial charge in [-0.1, -0.05) is 18.2 Å². The second-order valence-corrected chi connectivity index (χ2v) is 8.81. The fraction of sp³-hybridized carbons (Fsp3) is 0.381. The van der Waals surface area contributed by atoms with Crippen LogP contribution >= 0.6 is 11.8 Å². The van der Waals surface area contributed by atoms with Crippen molar-refractivity contribution in [2.45, 2.75) is 24.3 Å². The van der Waals surface area contributed by atoms with E-state index < -0.39 is 10.0 Å². The van der Waals surface area contributed by atoms with Gasteiger partial charge in [0.05, 0.1) is 19.8 Å². The first-order valence-corrected chi connectivity index (χ1v) is 12.4. The van der Waals surface area contributed by atoms with Gasteiger partial charge >= 0.3 is 0 Å². The van der Waals surface area contributed by atoms with Gasteiger partial charge in [-0.3, -0.25) is 4.99 Å². The Morgan fingerprint density at radius 2 is 1.83 bits per heavy atom. The number of ether oxygens (including phenoxy) is 3. The van der Waals surface area contributed by atoms with Gasteiger partial charge in [-0.25, -0.2) is 13.6 Å². The van der Waals surface area contributed by atoms with Gasteiger partial charge in [0.25, 0.3) is 0 Å². The number of methoxy groups -OCH3 is 1. The number of aliphatic imine (C=N–C) groups is 1. The van der Waals surface area contributed by atoms with Crippen LogP contribution in [0.5, 0.6) is 17.2 Å². The largest absolute Gasteiger partial charge is 0.495 e. The van der Waals surface area contributed by atoms with Crippen LogP contribution in [-0.4, -0.2) is 53.0 Å². The van der Waals surface area contributed by atoms with E-state index in [0.29, 0.717) is 31.1 Å². The minimum atomic E-state index is -3.88. The molecule has 0 unspecified atom stereocenters. The quantitative estimate of drug-likeness (QED) is 0.497. The predicted octanol–water partition coefficient (Wildman–Crippen LogP) is 3.17. The van der Waals surface area contributed by atoms with E-state index in [0.717, 1.165) is 11.3 Å². The molecule has 0 heterocycles. The van der Waals surface area contributed by atoms with Gasteiger partial charge < -0.3 is 14.2 Å². The molecule has 2 aromatic carbocycles. The van der Waals surface area contributed by atoms with E-state index in [-0.39, 0.29) is 16.7 Å². The maximum absolute atomic E-state index is 11.8. The van der Waals surface area contributed by atoms with Gasteiger partial charge in [0.1, 0.15) is 17.3 Å². The predicted molar refractivity (Wildman–Crippen MR) is 122 cm³/mol. The highest BCUT2D eigenvalue weighted by molar-refractivity contribution is 7.98. The summed E-state index contributed by atoms with van der Waals surface area (Å²) in [6, 6.07) is 12.4. The van der Waals surface area contributed by atoms with Gasteiger partial charge in [0, 0.05) is 12.0 Å². The molecule has 0 amide bonds. The number of nitrogens with zero attached hydrogens (tertiary/aromatic N) is 1. The normalized spacial score (nSPS) is 12.7. The van der Waals surface area contributed by atoms with Crippen molar-refractivity contribution in [3.05, 3.63) is 48.0 Å². The molecule has 0 spiro atoms. The highest BCUT2D eigenvalue weighted by atomic mass is 32.2. The molecule has 164 valence electrons. The molecule has 2 aromatic rings. The van der Waals surface area contributed by atoms with Gasteiger partial charge in [-0.2, -0.15) is 11.8 Å². The Bertz CT molecular complexity index is 948. The highest BCUT2D eigenvalue weighted by Gasteiger charge is 2.17. The third-order valence-electron chi connectivity index (χ3n) is 4.14. The van der Waals surface area contributed by atoms with Crippen molar-refractivity contribution < 1.29 is 22.6 Å². The summed E-state index contributed by atoms with van der Waals surface area (Å²) in [4.78, 5) is 4.59. The summed E-state index contributed by atoms with van der Waals surface area (Å²) in [6.45, 7) is 2.79. The number of benzene rings is 2. The van der Waals surface area contributed by atoms with Crippen LogP contribution in [0.1, 0.15) is 12.5 Å². The minimum Gasteiger partial charge on any atom is -0.495 e. The molecule has 0 saturated heterocycles. The lowest BCUT2D eigenvalue weighted by Gasteiger charge is -2.14. The van der Waals surface area contributed by atoms with Crippen LogP contribution in [0.15, 0.2) is 52.4 Å². The Morgan fingerprint density at radius 3 is 2.43 bits per heavy atom. The summed E-state index contributed by atoms with van der Waals surface area (Å²) in [5.74, 6) is 2.37. The van der Waals surface area contributed by atoms with E-state index in [1.807, 2.05) is 43.5 Å². The van der Waals surface area contributed by atoms with Gasteiger partial charge in [0.2, 0.25) is 10.0 Å². The first-order chi connectivity index (χ1) is 14.4. The zero-order chi connectivity index (χ0) is 22.0. The number of para-hydroxylation sites is 2. The average Bonchev–Trinajstić information content (AvgIpc) is 2.72. The number of nitrogens with two attached hydrogens (primary N) is 1. The van der Waals surface area contributed by atoms with E-state index in [1.54, 1.807) is 30.1 Å². The molecular formula is C21H28N2O5S2. The number of primary sulfonamides is 1. The van der Waals surface area contributed by atoms with Crippen LogP contribution in [0.4, 0.5) is 0 Å². The van der Waals surface area contributed by atoms with Crippen LogP contribution in [-0.2, 0) is 16.4 Å². The topological polar surface area (TPSA) is 100 Å².